The molecule has 3 heterocycles. The average molecular weight is 559 g/mol. The average Bonchev–Trinajstić information content (AvgIpc) is 2.90. The molecule has 5 rings (SSSR count). The van der Waals surface area contributed by atoms with Crippen LogP contribution in [0.5, 0.6) is 5.88 Å². The maximum absolute atomic E-state index is 13.3. The summed E-state index contributed by atoms with van der Waals surface area (Å²) in [7, 11) is -4.12. The molecule has 40 heavy (non-hydrogen) atoms. The van der Waals surface area contributed by atoms with Gasteiger partial charge in [-0.15, -0.1) is 0 Å². The van der Waals surface area contributed by atoms with Crippen molar-refractivity contribution in [1.29, 1.82) is 0 Å². The summed E-state index contributed by atoms with van der Waals surface area (Å²) in [6.07, 6.45) is 2.60. The molecule has 10 nitrogen and oxygen atoms in total. The number of fused-ring (bicyclic) bond motifs is 4. The van der Waals surface area contributed by atoms with Crippen molar-refractivity contribution in [2.24, 2.45) is 0 Å². The number of aromatic nitrogens is 4. The van der Waals surface area contributed by atoms with E-state index in [2.05, 4.69) is 30.0 Å². The summed E-state index contributed by atoms with van der Waals surface area (Å²) in [6.45, 7) is 10.0. The monoisotopic (exact) mass is 558 g/mol. The van der Waals surface area contributed by atoms with Crippen LogP contribution >= 0.6 is 0 Å². The van der Waals surface area contributed by atoms with Gasteiger partial charge in [-0.05, 0) is 43.2 Å². The molecule has 0 spiro atoms. The number of nitrogens with one attached hydrogen (secondary N) is 2. The van der Waals surface area contributed by atoms with Crippen molar-refractivity contribution in [3.8, 4) is 17.1 Å². The second-order valence-electron chi connectivity index (χ2n) is 10.7. The maximum Gasteiger partial charge on any atom is 0.264 e. The Labute approximate surface area is 233 Å². The molecule has 4 aromatic rings. The third kappa shape index (κ3) is 5.64. The molecule has 0 fully saturated rings. The van der Waals surface area contributed by atoms with Gasteiger partial charge in [0.25, 0.3) is 15.9 Å². The molecule has 4 bridgehead atoms. The number of nitrogens with zero attached hydrogens (tertiary/aromatic N) is 4. The number of rotatable bonds is 2. The summed E-state index contributed by atoms with van der Waals surface area (Å²) in [6, 6.07) is 13.3. The minimum Gasteiger partial charge on any atom is -0.467 e. The largest absolute Gasteiger partial charge is 0.467 e. The molecule has 11 heteroatoms. The highest BCUT2D eigenvalue weighted by Crippen LogP contribution is 2.31. The van der Waals surface area contributed by atoms with Gasteiger partial charge < -0.3 is 10.1 Å². The van der Waals surface area contributed by atoms with Crippen molar-refractivity contribution in [1.82, 2.24) is 25.3 Å². The minimum atomic E-state index is -4.12. The van der Waals surface area contributed by atoms with Crippen LogP contribution in [0, 0.1) is 13.8 Å². The van der Waals surface area contributed by atoms with Gasteiger partial charge in [0.2, 0.25) is 11.8 Å². The number of carbonyl (C=O) groups excluding carboxylic acids is 1. The van der Waals surface area contributed by atoms with Crippen LogP contribution in [0.4, 0.5) is 5.95 Å². The van der Waals surface area contributed by atoms with Crippen LogP contribution in [-0.2, 0) is 15.4 Å². The highest BCUT2D eigenvalue weighted by atomic mass is 32.2. The van der Waals surface area contributed by atoms with Crippen LogP contribution in [-0.4, -0.2) is 40.8 Å². The summed E-state index contributed by atoms with van der Waals surface area (Å²) < 4.78 is 35.3. The Hall–Kier alpha value is -4.38. The Morgan fingerprint density at radius 1 is 0.950 bits per heavy atom. The number of sulfonamides is 1. The van der Waals surface area contributed by atoms with E-state index in [-0.39, 0.29) is 34.2 Å². The lowest BCUT2D eigenvalue weighted by atomic mass is 9.95. The molecule has 0 saturated heterocycles. The van der Waals surface area contributed by atoms with Crippen LogP contribution in [0.15, 0.2) is 65.8 Å². The second-order valence-corrected chi connectivity index (χ2v) is 12.4. The standard InChI is InChI=1S/C29H30N6O4S/c1-17-8-6-9-18(2)25(17)22-13-24-34-28(33-22)35-40(37,38)21-11-7-10-19(12-21)26(36)30-16-23(39-24)20-14-31-27(32-15-20)29(3,4)5/h6-15,23H,16H2,1-5H3,(H,30,36)(H,33,34,35). The van der Waals surface area contributed by atoms with Gasteiger partial charge in [-0.25, -0.2) is 28.1 Å². The van der Waals surface area contributed by atoms with Gasteiger partial charge >= 0.3 is 0 Å². The molecule has 206 valence electrons. The van der Waals surface area contributed by atoms with Gasteiger partial charge in [-0.3, -0.25) is 4.79 Å². The molecule has 0 saturated carbocycles. The summed E-state index contributed by atoms with van der Waals surface area (Å²) in [5.41, 5.74) is 3.80. The van der Waals surface area contributed by atoms with Gasteiger partial charge in [0.05, 0.1) is 17.1 Å². The van der Waals surface area contributed by atoms with E-state index in [0.717, 1.165) is 16.7 Å². The van der Waals surface area contributed by atoms with Crippen molar-refractivity contribution >= 4 is 21.9 Å². The van der Waals surface area contributed by atoms with E-state index in [9.17, 15) is 13.2 Å². The van der Waals surface area contributed by atoms with Crippen molar-refractivity contribution < 1.29 is 17.9 Å². The third-order valence-electron chi connectivity index (χ3n) is 6.50. The Morgan fingerprint density at radius 2 is 1.62 bits per heavy atom. The van der Waals surface area contributed by atoms with E-state index in [1.165, 1.54) is 18.2 Å². The predicted octanol–water partition coefficient (Wildman–Crippen LogP) is 4.51. The number of anilines is 1. The van der Waals surface area contributed by atoms with Crippen molar-refractivity contribution in [2.75, 3.05) is 11.3 Å². The van der Waals surface area contributed by atoms with Gasteiger partial charge in [0, 0.05) is 40.6 Å². The smallest absolute Gasteiger partial charge is 0.264 e. The molecule has 0 radical (unpaired) electrons. The number of ether oxygens (including phenoxy) is 1. The molecule has 2 aromatic carbocycles. The fraction of sp³-hybridized carbons (Fsp3) is 0.276. The van der Waals surface area contributed by atoms with Crippen LogP contribution < -0.4 is 14.8 Å². The van der Waals surface area contributed by atoms with Crippen LogP contribution in [0.1, 0.15) is 59.7 Å². The maximum atomic E-state index is 13.3. The number of hydrogen-bond donors (Lipinski definition) is 2. The van der Waals surface area contributed by atoms with Gasteiger partial charge in [-0.2, -0.15) is 4.98 Å². The first kappa shape index (κ1) is 27.2. The zero-order valence-electron chi connectivity index (χ0n) is 22.9. The third-order valence-corrected chi connectivity index (χ3v) is 7.82. The second kappa shape index (κ2) is 10.3. The van der Waals surface area contributed by atoms with E-state index in [4.69, 9.17) is 4.74 Å². The number of hydrogen-bond acceptors (Lipinski definition) is 8. The summed E-state index contributed by atoms with van der Waals surface area (Å²) >= 11 is 0. The fourth-order valence-corrected chi connectivity index (χ4v) is 5.40. The first-order valence-electron chi connectivity index (χ1n) is 12.8. The molecule has 1 aliphatic heterocycles. The summed E-state index contributed by atoms with van der Waals surface area (Å²) in [5, 5.41) is 2.84. The van der Waals surface area contributed by atoms with E-state index in [1.807, 2.05) is 52.8 Å². The van der Waals surface area contributed by atoms with E-state index in [1.54, 1.807) is 24.5 Å². The van der Waals surface area contributed by atoms with E-state index in [0.29, 0.717) is 17.1 Å². The molecule has 2 aromatic heterocycles. The van der Waals surface area contributed by atoms with E-state index < -0.39 is 22.0 Å². The molecule has 1 atom stereocenters. The minimum absolute atomic E-state index is 0.0551. The first-order chi connectivity index (χ1) is 18.9. The van der Waals surface area contributed by atoms with Crippen molar-refractivity contribution in [2.45, 2.75) is 51.0 Å². The van der Waals surface area contributed by atoms with Crippen molar-refractivity contribution in [3.63, 3.8) is 0 Å². The number of benzene rings is 2. The molecular weight excluding hydrogens is 528 g/mol. The van der Waals surface area contributed by atoms with Gasteiger partial charge in [0.15, 0.2) is 0 Å². The number of amides is 1. The molecule has 1 aliphatic rings. The van der Waals surface area contributed by atoms with Crippen LogP contribution in [0.2, 0.25) is 0 Å². The Kier molecular flexibility index (Phi) is 7.01. The highest BCUT2D eigenvalue weighted by Gasteiger charge is 2.25. The Morgan fingerprint density at radius 3 is 2.30 bits per heavy atom. The molecular formula is C29H30N6O4S. The predicted molar refractivity (Wildman–Crippen MR) is 151 cm³/mol. The van der Waals surface area contributed by atoms with Gasteiger partial charge in [-0.1, -0.05) is 45.0 Å². The lowest BCUT2D eigenvalue weighted by Gasteiger charge is -2.21. The zero-order chi connectivity index (χ0) is 28.7. The summed E-state index contributed by atoms with van der Waals surface area (Å²) in [4.78, 5) is 30.9. The molecule has 2 N–H and O–H groups in total. The molecule has 0 aliphatic carbocycles. The zero-order valence-corrected chi connectivity index (χ0v) is 23.7. The Balaban J connectivity index is 1.66. The quantitative estimate of drug-likeness (QED) is 0.367. The fourth-order valence-electron chi connectivity index (χ4n) is 4.41. The lowest BCUT2D eigenvalue weighted by molar-refractivity contribution is 0.0925. The molecule has 1 amide bonds. The van der Waals surface area contributed by atoms with Crippen LogP contribution in [0.3, 0.4) is 0 Å². The first-order valence-corrected chi connectivity index (χ1v) is 14.2. The molecule has 1 unspecified atom stereocenters. The normalized spacial score (nSPS) is 16.8. The highest BCUT2D eigenvalue weighted by molar-refractivity contribution is 7.92. The summed E-state index contributed by atoms with van der Waals surface area (Å²) in [5.74, 6) is 0.177. The Bertz CT molecular complexity index is 1680. The number of aryl methyl sites for hydroxylation is 2. The van der Waals surface area contributed by atoms with Gasteiger partial charge in [0.1, 0.15) is 11.9 Å². The number of carbonyl (C=O) groups is 1. The topological polar surface area (TPSA) is 136 Å². The van der Waals surface area contributed by atoms with Crippen molar-refractivity contribution in [3.05, 3.63) is 89.0 Å². The lowest BCUT2D eigenvalue weighted by Crippen LogP contribution is -2.31. The van der Waals surface area contributed by atoms with E-state index >= 15 is 0 Å². The van der Waals surface area contributed by atoms with Crippen LogP contribution in [0.25, 0.3) is 11.3 Å². The SMILES string of the molecule is Cc1cccc(C)c1-c1cc2nc(n1)NS(=O)(=O)c1cccc(c1)C(=O)NCC(c1cnc(C(C)(C)C)nc1)O2.